The normalized spacial score (nSPS) is 13.6. The molecule has 1 amide bonds. The van der Waals surface area contributed by atoms with E-state index < -0.39 is 27.8 Å². The van der Waals surface area contributed by atoms with Gasteiger partial charge in [0.2, 0.25) is 15.9 Å². The van der Waals surface area contributed by atoms with Crippen molar-refractivity contribution in [2.24, 2.45) is 0 Å². The van der Waals surface area contributed by atoms with Crippen LogP contribution in [0.4, 0.5) is 10.1 Å². The Kier molecular flexibility index (Phi) is 7.70. The molecule has 2 atom stereocenters. The number of benzene rings is 2. The van der Waals surface area contributed by atoms with Gasteiger partial charge in [0.05, 0.1) is 25.1 Å². The van der Waals surface area contributed by atoms with Gasteiger partial charge in [0.1, 0.15) is 17.6 Å². The maximum Gasteiger partial charge on any atom is 0.244 e. The van der Waals surface area contributed by atoms with Crippen molar-refractivity contribution in [1.29, 1.82) is 0 Å². The number of carbonyl (C=O) groups is 1. The summed E-state index contributed by atoms with van der Waals surface area (Å²) in [7, 11) is -2.15. The number of ether oxygens (including phenoxy) is 1. The number of sulfonamides is 1. The van der Waals surface area contributed by atoms with Gasteiger partial charge in [0.15, 0.2) is 0 Å². The number of aryl methyl sites for hydroxylation is 1. The largest absolute Gasteiger partial charge is 0.496 e. The molecule has 170 valence electrons. The summed E-state index contributed by atoms with van der Waals surface area (Å²) in [5, 5.41) is 2.91. The summed E-state index contributed by atoms with van der Waals surface area (Å²) in [5.41, 5.74) is 3.14. The van der Waals surface area contributed by atoms with E-state index in [9.17, 15) is 17.6 Å². The first-order valence-electron chi connectivity index (χ1n) is 10.1. The van der Waals surface area contributed by atoms with Crippen LogP contribution >= 0.6 is 0 Å². The summed E-state index contributed by atoms with van der Waals surface area (Å²) in [6, 6.07) is 7.59. The van der Waals surface area contributed by atoms with E-state index in [2.05, 4.69) is 19.2 Å². The molecule has 2 aromatic carbocycles. The number of nitrogens with zero attached hydrogens (tertiary/aromatic N) is 1. The molecule has 0 fully saturated rings. The molecule has 0 aliphatic rings. The molecule has 8 heteroatoms. The molecule has 2 rings (SSSR count). The SMILES string of the molecule is COc1cc(C)c([C@@H](C)NC(=O)[C@@H](C)N(c2ccc(F)cc2)S(C)(=O)=O)cc1C(C)C. The van der Waals surface area contributed by atoms with Crippen LogP contribution in [0.25, 0.3) is 0 Å². The highest BCUT2D eigenvalue weighted by atomic mass is 32.2. The summed E-state index contributed by atoms with van der Waals surface area (Å²) in [6.45, 7) is 9.43. The van der Waals surface area contributed by atoms with Gasteiger partial charge in [-0.1, -0.05) is 13.8 Å². The van der Waals surface area contributed by atoms with E-state index in [0.717, 1.165) is 45.1 Å². The predicted molar refractivity (Wildman–Crippen MR) is 122 cm³/mol. The van der Waals surface area contributed by atoms with Crippen molar-refractivity contribution in [3.8, 4) is 5.75 Å². The number of hydrogen-bond acceptors (Lipinski definition) is 4. The molecule has 0 unspecified atom stereocenters. The second-order valence-electron chi connectivity index (χ2n) is 8.05. The summed E-state index contributed by atoms with van der Waals surface area (Å²) in [5.74, 6) is 0.0838. The van der Waals surface area contributed by atoms with Gasteiger partial charge in [0, 0.05) is 0 Å². The number of rotatable bonds is 8. The van der Waals surface area contributed by atoms with E-state index in [4.69, 9.17) is 4.74 Å². The van der Waals surface area contributed by atoms with Gasteiger partial charge in [-0.2, -0.15) is 0 Å². The summed E-state index contributed by atoms with van der Waals surface area (Å²) >= 11 is 0. The number of nitrogens with one attached hydrogen (secondary N) is 1. The molecule has 6 nitrogen and oxygen atoms in total. The molecule has 0 spiro atoms. The number of amides is 1. The van der Waals surface area contributed by atoms with Crippen molar-refractivity contribution in [3.63, 3.8) is 0 Å². The standard InChI is InChI=1S/C23H31FN2O4S/c1-14(2)20-13-21(15(3)12-22(20)30-6)16(4)25-23(27)17(5)26(31(7,28)29)19-10-8-18(24)9-11-19/h8-14,16-17H,1-7H3,(H,25,27)/t16-,17-/m1/s1. The molecule has 0 heterocycles. The fourth-order valence-corrected chi connectivity index (χ4v) is 4.79. The van der Waals surface area contributed by atoms with Crippen LogP contribution in [0.5, 0.6) is 5.75 Å². The Morgan fingerprint density at radius 2 is 1.65 bits per heavy atom. The van der Waals surface area contributed by atoms with Crippen LogP contribution in [0, 0.1) is 12.7 Å². The third-order valence-corrected chi connectivity index (χ3v) is 6.48. The van der Waals surface area contributed by atoms with E-state index >= 15 is 0 Å². The molecular weight excluding hydrogens is 419 g/mol. The predicted octanol–water partition coefficient (Wildman–Crippen LogP) is 4.30. The summed E-state index contributed by atoms with van der Waals surface area (Å²) in [6.07, 6.45) is 1.02. The van der Waals surface area contributed by atoms with Crippen LogP contribution in [-0.2, 0) is 14.8 Å². The molecule has 0 saturated carbocycles. The fraction of sp³-hybridized carbons (Fsp3) is 0.435. The van der Waals surface area contributed by atoms with E-state index in [-0.39, 0.29) is 17.6 Å². The zero-order valence-corrected chi connectivity index (χ0v) is 19.9. The third-order valence-electron chi connectivity index (χ3n) is 5.24. The topological polar surface area (TPSA) is 75.7 Å². The first-order chi connectivity index (χ1) is 14.4. The Hall–Kier alpha value is -2.61. The molecule has 31 heavy (non-hydrogen) atoms. The molecule has 0 radical (unpaired) electrons. The van der Waals surface area contributed by atoms with Crippen LogP contribution in [0.15, 0.2) is 36.4 Å². The molecule has 0 saturated heterocycles. The highest BCUT2D eigenvalue weighted by molar-refractivity contribution is 7.92. The molecule has 0 aliphatic carbocycles. The lowest BCUT2D eigenvalue weighted by Crippen LogP contribution is -2.48. The van der Waals surface area contributed by atoms with Crippen molar-refractivity contribution >= 4 is 21.6 Å². The first kappa shape index (κ1) is 24.7. The zero-order valence-electron chi connectivity index (χ0n) is 19.1. The lowest BCUT2D eigenvalue weighted by atomic mass is 9.93. The number of hydrogen-bond donors (Lipinski definition) is 1. The van der Waals surface area contributed by atoms with E-state index in [1.165, 1.54) is 19.1 Å². The van der Waals surface area contributed by atoms with Crippen molar-refractivity contribution < 1.29 is 22.3 Å². The minimum absolute atomic E-state index is 0.224. The average Bonchev–Trinajstić information content (AvgIpc) is 2.67. The Labute approximate surface area is 184 Å². The Bertz CT molecular complexity index is 1040. The lowest BCUT2D eigenvalue weighted by molar-refractivity contribution is -0.122. The van der Waals surface area contributed by atoms with Crippen molar-refractivity contribution in [2.75, 3.05) is 17.7 Å². The van der Waals surface area contributed by atoms with Gasteiger partial charge < -0.3 is 10.1 Å². The van der Waals surface area contributed by atoms with E-state index in [0.29, 0.717) is 0 Å². The lowest BCUT2D eigenvalue weighted by Gasteiger charge is -2.29. The zero-order chi connectivity index (χ0) is 23.5. The smallest absolute Gasteiger partial charge is 0.244 e. The van der Waals surface area contributed by atoms with Crippen LogP contribution < -0.4 is 14.4 Å². The second kappa shape index (κ2) is 9.68. The van der Waals surface area contributed by atoms with Gasteiger partial charge >= 0.3 is 0 Å². The van der Waals surface area contributed by atoms with Gasteiger partial charge in [-0.25, -0.2) is 12.8 Å². The second-order valence-corrected chi connectivity index (χ2v) is 9.91. The van der Waals surface area contributed by atoms with Gasteiger partial charge in [-0.05, 0) is 79.8 Å². The molecule has 1 N–H and O–H groups in total. The highest BCUT2D eigenvalue weighted by Gasteiger charge is 2.30. The van der Waals surface area contributed by atoms with E-state index in [1.54, 1.807) is 7.11 Å². The Morgan fingerprint density at radius 3 is 2.13 bits per heavy atom. The first-order valence-corrected chi connectivity index (χ1v) is 11.9. The quantitative estimate of drug-likeness (QED) is 0.651. The molecule has 0 aliphatic heterocycles. The van der Waals surface area contributed by atoms with Crippen molar-refractivity contribution in [2.45, 2.75) is 52.6 Å². The molecular formula is C23H31FN2O4S. The number of methoxy groups -OCH3 is 1. The monoisotopic (exact) mass is 450 g/mol. The van der Waals surface area contributed by atoms with Gasteiger partial charge in [0.25, 0.3) is 0 Å². The number of anilines is 1. The maximum absolute atomic E-state index is 13.3. The van der Waals surface area contributed by atoms with Crippen LogP contribution in [0.3, 0.4) is 0 Å². The van der Waals surface area contributed by atoms with Crippen LogP contribution in [0.2, 0.25) is 0 Å². The summed E-state index contributed by atoms with van der Waals surface area (Å²) in [4.78, 5) is 13.0. The highest BCUT2D eigenvalue weighted by Crippen LogP contribution is 2.32. The minimum atomic E-state index is -3.78. The van der Waals surface area contributed by atoms with Crippen LogP contribution in [0.1, 0.15) is 56.3 Å². The third kappa shape index (κ3) is 5.76. The maximum atomic E-state index is 13.3. The Balaban J connectivity index is 2.32. The van der Waals surface area contributed by atoms with Gasteiger partial charge in [-0.3, -0.25) is 9.10 Å². The number of halogens is 1. The van der Waals surface area contributed by atoms with E-state index in [1.807, 2.05) is 26.0 Å². The minimum Gasteiger partial charge on any atom is -0.496 e. The molecule has 2 aromatic rings. The van der Waals surface area contributed by atoms with Crippen molar-refractivity contribution in [3.05, 3.63) is 58.9 Å². The fourth-order valence-electron chi connectivity index (χ4n) is 3.62. The van der Waals surface area contributed by atoms with Gasteiger partial charge in [-0.15, -0.1) is 0 Å². The van der Waals surface area contributed by atoms with Crippen molar-refractivity contribution in [1.82, 2.24) is 5.32 Å². The summed E-state index contributed by atoms with van der Waals surface area (Å²) < 4.78 is 44.6. The average molecular weight is 451 g/mol. The molecule has 0 bridgehead atoms. The molecule has 0 aromatic heterocycles. The van der Waals surface area contributed by atoms with Crippen LogP contribution in [-0.4, -0.2) is 33.7 Å². The number of carbonyl (C=O) groups excluding carboxylic acids is 1. The Morgan fingerprint density at radius 1 is 1.06 bits per heavy atom.